The smallest absolute Gasteiger partial charge is 0.159 e. The van der Waals surface area contributed by atoms with E-state index in [1.54, 1.807) is 7.11 Å². The average Bonchev–Trinajstić information content (AvgIpc) is 3.29. The van der Waals surface area contributed by atoms with Gasteiger partial charge in [0.25, 0.3) is 0 Å². The van der Waals surface area contributed by atoms with Crippen LogP contribution in [-0.2, 0) is 5.60 Å². The Labute approximate surface area is 160 Å². The van der Waals surface area contributed by atoms with Crippen molar-refractivity contribution in [2.75, 3.05) is 7.11 Å². The monoisotopic (exact) mass is 351 g/mol. The summed E-state index contributed by atoms with van der Waals surface area (Å²) in [5.74, 6) is 2.87. The summed E-state index contributed by atoms with van der Waals surface area (Å²) in [6.07, 6.45) is 12.7. The van der Waals surface area contributed by atoms with E-state index in [0.29, 0.717) is 0 Å². The highest BCUT2D eigenvalue weighted by atomic mass is 16.5. The average molecular weight is 351 g/mol. The molecule has 1 aliphatic carbocycles. The molecule has 2 nitrogen and oxygen atoms in total. The van der Waals surface area contributed by atoms with Crippen molar-refractivity contribution in [1.82, 2.24) is 0 Å². The molecule has 1 unspecified atom stereocenters. The maximum Gasteiger partial charge on any atom is 0.159 e. The van der Waals surface area contributed by atoms with Crippen LogP contribution in [0.25, 0.3) is 16.8 Å². The lowest BCUT2D eigenvalue weighted by Crippen LogP contribution is -2.39. The summed E-state index contributed by atoms with van der Waals surface area (Å²) < 4.78 is 12.1. The maximum atomic E-state index is 6.81. The Morgan fingerprint density at radius 2 is 1.63 bits per heavy atom. The van der Waals surface area contributed by atoms with E-state index in [1.165, 1.54) is 5.39 Å². The number of hydrogen-bond donors (Lipinski definition) is 0. The van der Waals surface area contributed by atoms with Crippen molar-refractivity contribution in [3.05, 3.63) is 109 Å². The first kappa shape index (κ1) is 16.4. The first-order chi connectivity index (χ1) is 13.3. The van der Waals surface area contributed by atoms with Gasteiger partial charge >= 0.3 is 0 Å². The molecule has 0 amide bonds. The third-order valence-corrected chi connectivity index (χ3v) is 5.28. The van der Waals surface area contributed by atoms with Gasteiger partial charge in [0, 0.05) is 22.4 Å². The van der Waals surface area contributed by atoms with Gasteiger partial charge in [-0.2, -0.15) is 0 Å². The van der Waals surface area contributed by atoms with Gasteiger partial charge in [-0.3, -0.25) is 0 Å². The van der Waals surface area contributed by atoms with Crippen LogP contribution in [0, 0.1) is 31.6 Å². The highest BCUT2D eigenvalue weighted by Crippen LogP contribution is 2.49. The third kappa shape index (κ3) is 2.63. The van der Waals surface area contributed by atoms with Crippen LogP contribution in [0.2, 0.25) is 0 Å². The largest absolute Gasteiger partial charge is 0.497 e. The Morgan fingerprint density at radius 3 is 2.41 bits per heavy atom. The first-order valence-corrected chi connectivity index (χ1v) is 9.07. The number of rotatable bonds is 3. The zero-order valence-corrected chi connectivity index (χ0v) is 15.1. The minimum absolute atomic E-state index is 0.660. The highest BCUT2D eigenvalue weighted by molar-refractivity contribution is 5.92. The molecule has 3 aromatic rings. The fraction of sp³-hybridized carbons (Fsp3) is 0.0800. The molecule has 0 spiro atoms. The van der Waals surface area contributed by atoms with Gasteiger partial charge in [0.2, 0.25) is 0 Å². The van der Waals surface area contributed by atoms with Crippen molar-refractivity contribution in [2.45, 2.75) is 5.60 Å². The van der Waals surface area contributed by atoms with Crippen LogP contribution in [0.15, 0.2) is 66.7 Å². The van der Waals surface area contributed by atoms with Crippen LogP contribution in [0.3, 0.4) is 0 Å². The van der Waals surface area contributed by atoms with E-state index in [1.807, 2.05) is 12.1 Å². The SMILES string of the molecule is COc1ccc(C2([C]3[CH][CH][CH][CH]3)C=Cc3ccc4ccccc4c3O2)cc1. The van der Waals surface area contributed by atoms with Crippen LogP contribution < -0.4 is 9.47 Å². The number of methoxy groups -OCH3 is 1. The lowest BCUT2D eigenvalue weighted by atomic mass is 9.78. The Balaban J connectivity index is 1.68. The molecular weight excluding hydrogens is 332 g/mol. The van der Waals surface area contributed by atoms with E-state index in [9.17, 15) is 0 Å². The summed E-state index contributed by atoms with van der Waals surface area (Å²) in [4.78, 5) is 0. The molecule has 1 aliphatic heterocycles. The summed E-state index contributed by atoms with van der Waals surface area (Å²) in [7, 11) is 1.68. The van der Waals surface area contributed by atoms with Gasteiger partial charge in [-0.05, 0) is 49.3 Å². The van der Waals surface area contributed by atoms with Crippen LogP contribution in [0.5, 0.6) is 11.5 Å². The summed E-state index contributed by atoms with van der Waals surface area (Å²) >= 11 is 0. The maximum absolute atomic E-state index is 6.81. The Morgan fingerprint density at radius 1 is 0.852 bits per heavy atom. The van der Waals surface area contributed by atoms with E-state index < -0.39 is 5.60 Å². The van der Waals surface area contributed by atoms with Crippen LogP contribution >= 0.6 is 0 Å². The highest BCUT2D eigenvalue weighted by Gasteiger charge is 2.45. The molecule has 27 heavy (non-hydrogen) atoms. The van der Waals surface area contributed by atoms with Crippen LogP contribution in [-0.4, -0.2) is 7.11 Å². The van der Waals surface area contributed by atoms with Crippen molar-refractivity contribution in [3.63, 3.8) is 0 Å². The fourth-order valence-corrected chi connectivity index (χ4v) is 3.84. The molecule has 1 atom stereocenters. The summed E-state index contributed by atoms with van der Waals surface area (Å²) in [5.41, 5.74) is 1.51. The minimum Gasteiger partial charge on any atom is -0.497 e. The van der Waals surface area contributed by atoms with E-state index in [-0.39, 0.29) is 0 Å². The van der Waals surface area contributed by atoms with Gasteiger partial charge < -0.3 is 9.47 Å². The second-order valence-electron chi connectivity index (χ2n) is 6.78. The van der Waals surface area contributed by atoms with Crippen LogP contribution in [0.4, 0.5) is 0 Å². The predicted octanol–water partition coefficient (Wildman–Crippen LogP) is 5.55. The molecule has 0 N–H and O–H groups in total. The Bertz CT molecular complexity index is 997. The van der Waals surface area contributed by atoms with E-state index >= 15 is 0 Å². The molecule has 0 bridgehead atoms. The Hall–Kier alpha value is -2.74. The van der Waals surface area contributed by atoms with Gasteiger partial charge in [-0.15, -0.1) is 0 Å². The number of benzene rings is 3. The molecule has 5 rings (SSSR count). The van der Waals surface area contributed by atoms with Crippen molar-refractivity contribution >= 4 is 16.8 Å². The zero-order chi connectivity index (χ0) is 18.3. The summed E-state index contributed by atoms with van der Waals surface area (Å²) in [5, 5.41) is 2.31. The topological polar surface area (TPSA) is 18.5 Å². The van der Waals surface area contributed by atoms with E-state index in [4.69, 9.17) is 9.47 Å². The molecule has 1 heterocycles. The summed E-state index contributed by atoms with van der Waals surface area (Å²) in [6.45, 7) is 0. The number of fused-ring (bicyclic) bond motifs is 3. The normalized spacial score (nSPS) is 21.8. The summed E-state index contributed by atoms with van der Waals surface area (Å²) in [6, 6.07) is 20.7. The molecule has 131 valence electrons. The second kappa shape index (κ2) is 6.45. The van der Waals surface area contributed by atoms with Gasteiger partial charge in [0.15, 0.2) is 5.60 Å². The minimum atomic E-state index is -0.660. The fourth-order valence-electron chi connectivity index (χ4n) is 3.84. The molecule has 5 radical (unpaired) electrons. The molecule has 0 aromatic heterocycles. The third-order valence-electron chi connectivity index (χ3n) is 5.28. The molecule has 1 fully saturated rings. The molecular formula is C25H19O2. The first-order valence-electron chi connectivity index (χ1n) is 9.07. The van der Waals surface area contributed by atoms with Crippen molar-refractivity contribution in [2.24, 2.45) is 0 Å². The standard InChI is InChI=1S/C25H19O2/c1-26-22-14-12-21(13-15-22)25(20-7-3-4-8-20)17-16-19-11-10-18-6-2-5-9-23(18)24(19)27-25/h2-17H,1H3. The van der Waals surface area contributed by atoms with Gasteiger partial charge in [0.1, 0.15) is 11.5 Å². The second-order valence-corrected chi connectivity index (χ2v) is 6.78. The number of hydrogen-bond acceptors (Lipinski definition) is 2. The molecule has 2 heteroatoms. The van der Waals surface area contributed by atoms with Gasteiger partial charge in [0.05, 0.1) is 7.11 Å². The van der Waals surface area contributed by atoms with Crippen molar-refractivity contribution in [1.29, 1.82) is 0 Å². The van der Waals surface area contributed by atoms with E-state index in [0.717, 1.165) is 33.9 Å². The molecule has 3 aromatic carbocycles. The van der Waals surface area contributed by atoms with E-state index in [2.05, 4.69) is 86.4 Å². The van der Waals surface area contributed by atoms with Crippen LogP contribution in [0.1, 0.15) is 11.1 Å². The Kier molecular flexibility index (Phi) is 3.93. The lowest BCUT2D eigenvalue weighted by molar-refractivity contribution is 0.142. The molecule has 2 aliphatic rings. The molecule has 0 saturated heterocycles. The van der Waals surface area contributed by atoms with Gasteiger partial charge in [-0.25, -0.2) is 0 Å². The van der Waals surface area contributed by atoms with Crippen molar-refractivity contribution in [3.8, 4) is 11.5 Å². The lowest BCUT2D eigenvalue weighted by Gasteiger charge is -2.40. The van der Waals surface area contributed by atoms with Crippen molar-refractivity contribution < 1.29 is 9.47 Å². The predicted molar refractivity (Wildman–Crippen MR) is 109 cm³/mol. The number of ether oxygens (including phenoxy) is 2. The quantitative estimate of drug-likeness (QED) is 0.615. The van der Waals surface area contributed by atoms with Gasteiger partial charge in [-0.1, -0.05) is 54.6 Å². The molecule has 1 saturated carbocycles. The zero-order valence-electron chi connectivity index (χ0n) is 15.1.